The smallest absolute Gasteiger partial charge is 0.272 e. The molecule has 160 valence electrons. The van der Waals surface area contributed by atoms with Gasteiger partial charge in [-0.2, -0.15) is 0 Å². The molecule has 0 atom stereocenters. The van der Waals surface area contributed by atoms with Gasteiger partial charge in [-0.1, -0.05) is 6.07 Å². The monoisotopic (exact) mass is 400 g/mol. The fourth-order valence-electron chi connectivity index (χ4n) is 4.82. The fraction of sp³-hybridized carbons (Fsp3) is 0.739. The van der Waals surface area contributed by atoms with Crippen molar-refractivity contribution in [3.63, 3.8) is 0 Å². The minimum atomic E-state index is 0.0790. The molecule has 0 unspecified atom stereocenters. The van der Waals surface area contributed by atoms with Crippen LogP contribution in [-0.2, 0) is 4.74 Å². The van der Waals surface area contributed by atoms with Crippen molar-refractivity contribution in [2.24, 2.45) is 0 Å². The van der Waals surface area contributed by atoms with Gasteiger partial charge >= 0.3 is 0 Å². The average molecular weight is 401 g/mol. The maximum Gasteiger partial charge on any atom is 0.272 e. The van der Waals surface area contributed by atoms with Crippen LogP contribution in [-0.4, -0.2) is 78.2 Å². The zero-order valence-corrected chi connectivity index (χ0v) is 18.1. The second kappa shape index (κ2) is 9.43. The van der Waals surface area contributed by atoms with Gasteiger partial charge in [0.1, 0.15) is 11.5 Å². The van der Waals surface area contributed by atoms with E-state index >= 15 is 0 Å². The number of carbonyl (C=O) groups is 1. The maximum absolute atomic E-state index is 12.6. The zero-order chi connectivity index (χ0) is 20.2. The van der Waals surface area contributed by atoms with Crippen LogP contribution in [0.4, 0.5) is 5.82 Å². The first kappa shape index (κ1) is 20.6. The van der Waals surface area contributed by atoms with Gasteiger partial charge in [0.2, 0.25) is 0 Å². The lowest BCUT2D eigenvalue weighted by atomic mass is 10.0. The predicted molar refractivity (Wildman–Crippen MR) is 115 cm³/mol. The van der Waals surface area contributed by atoms with Gasteiger partial charge in [-0.05, 0) is 64.5 Å². The molecule has 4 rings (SSSR count). The van der Waals surface area contributed by atoms with E-state index in [9.17, 15) is 4.79 Å². The van der Waals surface area contributed by atoms with Crippen molar-refractivity contribution < 1.29 is 9.53 Å². The molecule has 1 aromatic rings. The second-order valence-electron chi connectivity index (χ2n) is 9.03. The first-order valence-electron chi connectivity index (χ1n) is 11.5. The first-order valence-corrected chi connectivity index (χ1v) is 11.5. The quantitative estimate of drug-likeness (QED) is 0.760. The van der Waals surface area contributed by atoms with Crippen molar-refractivity contribution in [1.82, 2.24) is 14.8 Å². The van der Waals surface area contributed by atoms with E-state index in [4.69, 9.17) is 9.72 Å². The summed E-state index contributed by atoms with van der Waals surface area (Å²) in [5, 5.41) is 0. The highest BCUT2D eigenvalue weighted by Crippen LogP contribution is 2.24. The Morgan fingerprint density at radius 1 is 0.966 bits per heavy atom. The van der Waals surface area contributed by atoms with Crippen LogP contribution < -0.4 is 4.90 Å². The molecule has 0 N–H and O–H groups in total. The van der Waals surface area contributed by atoms with E-state index in [0.29, 0.717) is 23.9 Å². The average Bonchev–Trinajstić information content (AvgIpc) is 3.29. The molecule has 29 heavy (non-hydrogen) atoms. The normalized spacial score (nSPS) is 22.6. The van der Waals surface area contributed by atoms with E-state index < -0.39 is 0 Å². The molecular formula is C23H36N4O2. The molecule has 0 spiro atoms. The second-order valence-corrected chi connectivity index (χ2v) is 9.03. The van der Waals surface area contributed by atoms with Crippen LogP contribution in [0.5, 0.6) is 0 Å². The summed E-state index contributed by atoms with van der Waals surface area (Å²) >= 11 is 0. The number of likely N-dealkylation sites (tertiary alicyclic amines) is 2. The molecule has 3 aliphatic rings. The maximum atomic E-state index is 12.6. The highest BCUT2D eigenvalue weighted by Gasteiger charge is 2.27. The summed E-state index contributed by atoms with van der Waals surface area (Å²) in [6, 6.07) is 6.49. The summed E-state index contributed by atoms with van der Waals surface area (Å²) < 4.78 is 6.44. The molecule has 1 aromatic heterocycles. The Morgan fingerprint density at radius 2 is 1.59 bits per heavy atom. The summed E-state index contributed by atoms with van der Waals surface area (Å²) in [5.41, 5.74) is 0.583. The standard InChI is InChI=1S/C23H36N4O2/c1-18(2)25-14-8-19(9-15-25)29-20-10-16-26(17-11-20)22-7-5-6-21(24-22)23(28)27-12-3-4-13-27/h5-7,18-20H,3-4,8-17H2,1-2H3. The van der Waals surface area contributed by atoms with Gasteiger partial charge in [0.15, 0.2) is 0 Å². The lowest BCUT2D eigenvalue weighted by Gasteiger charge is -2.38. The molecule has 3 fully saturated rings. The molecule has 3 saturated heterocycles. The van der Waals surface area contributed by atoms with E-state index in [2.05, 4.69) is 23.6 Å². The number of amides is 1. The van der Waals surface area contributed by atoms with E-state index in [1.165, 1.54) is 0 Å². The van der Waals surface area contributed by atoms with Gasteiger partial charge < -0.3 is 19.4 Å². The number of carbonyl (C=O) groups excluding carboxylic acids is 1. The van der Waals surface area contributed by atoms with Crippen LogP contribution in [0.25, 0.3) is 0 Å². The van der Waals surface area contributed by atoms with Crippen LogP contribution >= 0.6 is 0 Å². The van der Waals surface area contributed by atoms with Crippen molar-refractivity contribution in [3.8, 4) is 0 Å². The van der Waals surface area contributed by atoms with Gasteiger partial charge in [-0.25, -0.2) is 4.98 Å². The summed E-state index contributed by atoms with van der Waals surface area (Å²) in [6.45, 7) is 10.5. The number of anilines is 1. The number of ether oxygens (including phenoxy) is 1. The van der Waals surface area contributed by atoms with Crippen molar-refractivity contribution in [2.75, 3.05) is 44.2 Å². The summed E-state index contributed by atoms with van der Waals surface area (Å²) in [5.74, 6) is 1.01. The van der Waals surface area contributed by atoms with Crippen LogP contribution in [0.3, 0.4) is 0 Å². The van der Waals surface area contributed by atoms with E-state index in [1.807, 2.05) is 23.1 Å². The Morgan fingerprint density at radius 3 is 2.21 bits per heavy atom. The molecule has 4 heterocycles. The highest BCUT2D eigenvalue weighted by atomic mass is 16.5. The summed E-state index contributed by atoms with van der Waals surface area (Å²) in [7, 11) is 0. The van der Waals surface area contributed by atoms with Crippen molar-refractivity contribution in [2.45, 2.75) is 70.6 Å². The molecule has 3 aliphatic heterocycles. The molecule has 6 nitrogen and oxygen atoms in total. The van der Waals surface area contributed by atoms with Crippen molar-refractivity contribution >= 4 is 11.7 Å². The summed E-state index contributed by atoms with van der Waals surface area (Å²) in [6.07, 6.45) is 7.37. The zero-order valence-electron chi connectivity index (χ0n) is 18.1. The molecule has 0 aromatic carbocycles. The van der Waals surface area contributed by atoms with Crippen LogP contribution in [0.2, 0.25) is 0 Å². The number of nitrogens with zero attached hydrogens (tertiary/aromatic N) is 4. The molecule has 0 bridgehead atoms. The topological polar surface area (TPSA) is 48.9 Å². The number of piperidine rings is 2. The Kier molecular flexibility index (Phi) is 6.70. The Hall–Kier alpha value is -1.66. The van der Waals surface area contributed by atoms with Crippen molar-refractivity contribution in [3.05, 3.63) is 23.9 Å². The number of hydrogen-bond donors (Lipinski definition) is 0. The number of rotatable bonds is 5. The van der Waals surface area contributed by atoms with Gasteiger partial charge in [0.05, 0.1) is 12.2 Å². The SMILES string of the molecule is CC(C)N1CCC(OC2CCN(c3cccc(C(=O)N4CCCC4)n3)CC2)CC1. The Balaban J connectivity index is 1.26. The largest absolute Gasteiger partial charge is 0.375 e. The Labute approximate surface area is 175 Å². The third-order valence-electron chi connectivity index (χ3n) is 6.70. The number of pyridine rings is 1. The molecule has 0 saturated carbocycles. The lowest BCUT2D eigenvalue weighted by Crippen LogP contribution is -2.44. The predicted octanol–water partition coefficient (Wildman–Crippen LogP) is 3.18. The molecule has 1 amide bonds. The molecular weight excluding hydrogens is 364 g/mol. The molecule has 0 aliphatic carbocycles. The van der Waals surface area contributed by atoms with Gasteiger partial charge in [-0.15, -0.1) is 0 Å². The van der Waals surface area contributed by atoms with Crippen molar-refractivity contribution in [1.29, 1.82) is 0 Å². The molecule has 6 heteroatoms. The van der Waals surface area contributed by atoms with E-state index in [1.54, 1.807) is 0 Å². The minimum absolute atomic E-state index is 0.0790. The Bertz CT molecular complexity index is 673. The van der Waals surface area contributed by atoms with Gasteiger partial charge in [0.25, 0.3) is 5.91 Å². The highest BCUT2D eigenvalue weighted by molar-refractivity contribution is 5.92. The van der Waals surface area contributed by atoms with E-state index in [0.717, 1.165) is 83.6 Å². The summed E-state index contributed by atoms with van der Waals surface area (Å²) in [4.78, 5) is 24.1. The minimum Gasteiger partial charge on any atom is -0.375 e. The van der Waals surface area contributed by atoms with Crippen LogP contribution in [0.1, 0.15) is 62.9 Å². The van der Waals surface area contributed by atoms with Gasteiger partial charge in [-0.3, -0.25) is 4.79 Å². The van der Waals surface area contributed by atoms with E-state index in [-0.39, 0.29) is 5.91 Å². The number of aromatic nitrogens is 1. The van der Waals surface area contributed by atoms with Crippen LogP contribution in [0, 0.1) is 0 Å². The first-order chi connectivity index (χ1) is 14.1. The molecule has 0 radical (unpaired) electrons. The third kappa shape index (κ3) is 5.10. The van der Waals surface area contributed by atoms with Gasteiger partial charge in [0, 0.05) is 45.3 Å². The van der Waals surface area contributed by atoms with Crippen LogP contribution in [0.15, 0.2) is 18.2 Å². The third-order valence-corrected chi connectivity index (χ3v) is 6.70. The fourth-order valence-corrected chi connectivity index (χ4v) is 4.82. The number of hydrogen-bond acceptors (Lipinski definition) is 5. The lowest BCUT2D eigenvalue weighted by molar-refractivity contribution is -0.0540.